The molecule has 2 aliphatic rings. The maximum absolute atomic E-state index is 12.8. The van der Waals surface area contributed by atoms with E-state index in [1.54, 1.807) is 4.90 Å². The third-order valence-electron chi connectivity index (χ3n) is 5.35. The summed E-state index contributed by atoms with van der Waals surface area (Å²) in [5.74, 6) is -2.27. The Morgan fingerprint density at radius 2 is 1.81 bits per heavy atom. The standard InChI is InChI=1S/C19H24F3N3O2/c1-14-12-24(11-10-23(14)13-15-6-3-2-4-7-15)17(26)16-8-5-9-25(16)18(27)19(20,21)22/h2-4,6-7,14,16H,5,8-13H2,1H3. The quantitative estimate of drug-likeness (QED) is 0.804. The van der Waals surface area contributed by atoms with Gasteiger partial charge < -0.3 is 9.80 Å². The van der Waals surface area contributed by atoms with Gasteiger partial charge in [0, 0.05) is 38.8 Å². The van der Waals surface area contributed by atoms with Gasteiger partial charge in [-0.15, -0.1) is 0 Å². The first kappa shape index (κ1) is 19.7. The lowest BCUT2D eigenvalue weighted by atomic mass is 10.1. The topological polar surface area (TPSA) is 43.9 Å². The van der Waals surface area contributed by atoms with Gasteiger partial charge in [0.05, 0.1) is 0 Å². The fraction of sp³-hybridized carbons (Fsp3) is 0.579. The van der Waals surface area contributed by atoms with E-state index in [2.05, 4.69) is 4.90 Å². The molecule has 1 aromatic carbocycles. The van der Waals surface area contributed by atoms with Crippen molar-refractivity contribution in [2.75, 3.05) is 26.2 Å². The van der Waals surface area contributed by atoms with Crippen molar-refractivity contribution in [3.63, 3.8) is 0 Å². The second-order valence-corrected chi connectivity index (χ2v) is 7.24. The van der Waals surface area contributed by atoms with E-state index >= 15 is 0 Å². The Bertz CT molecular complexity index is 681. The molecule has 2 aliphatic heterocycles. The van der Waals surface area contributed by atoms with Gasteiger partial charge in [-0.25, -0.2) is 0 Å². The summed E-state index contributed by atoms with van der Waals surface area (Å²) in [5, 5.41) is 0. The van der Waals surface area contributed by atoms with Crippen molar-refractivity contribution in [2.45, 2.75) is 44.6 Å². The molecule has 0 bridgehead atoms. The molecular formula is C19H24F3N3O2. The van der Waals surface area contributed by atoms with Gasteiger partial charge in [-0.1, -0.05) is 30.3 Å². The second-order valence-electron chi connectivity index (χ2n) is 7.24. The molecule has 2 unspecified atom stereocenters. The minimum atomic E-state index is -4.94. The Labute approximate surface area is 156 Å². The van der Waals surface area contributed by atoms with Gasteiger partial charge in [0.25, 0.3) is 0 Å². The average Bonchev–Trinajstić information content (AvgIpc) is 3.11. The van der Waals surface area contributed by atoms with Crippen LogP contribution in [0.2, 0.25) is 0 Å². The minimum Gasteiger partial charge on any atom is -0.338 e. The lowest BCUT2D eigenvalue weighted by Crippen LogP contribution is -2.58. The monoisotopic (exact) mass is 383 g/mol. The zero-order valence-corrected chi connectivity index (χ0v) is 15.3. The number of halogens is 3. The fourth-order valence-electron chi connectivity index (χ4n) is 3.89. The number of hydrogen-bond donors (Lipinski definition) is 0. The smallest absolute Gasteiger partial charge is 0.338 e. The highest BCUT2D eigenvalue weighted by atomic mass is 19.4. The largest absolute Gasteiger partial charge is 0.471 e. The van der Waals surface area contributed by atoms with Crippen molar-refractivity contribution in [1.29, 1.82) is 0 Å². The van der Waals surface area contributed by atoms with Crippen LogP contribution in [0.25, 0.3) is 0 Å². The first-order valence-electron chi connectivity index (χ1n) is 9.22. The molecule has 5 nitrogen and oxygen atoms in total. The van der Waals surface area contributed by atoms with Gasteiger partial charge >= 0.3 is 12.1 Å². The molecular weight excluding hydrogens is 359 g/mol. The molecule has 2 fully saturated rings. The molecule has 8 heteroatoms. The fourth-order valence-corrected chi connectivity index (χ4v) is 3.89. The number of nitrogens with zero attached hydrogens (tertiary/aromatic N) is 3. The molecule has 27 heavy (non-hydrogen) atoms. The van der Waals surface area contributed by atoms with Gasteiger partial charge in [-0.05, 0) is 25.3 Å². The molecule has 0 radical (unpaired) electrons. The molecule has 2 atom stereocenters. The summed E-state index contributed by atoms with van der Waals surface area (Å²) in [6.07, 6.45) is -4.23. The van der Waals surface area contributed by atoms with Crippen molar-refractivity contribution in [2.24, 2.45) is 0 Å². The molecule has 0 saturated carbocycles. The highest BCUT2D eigenvalue weighted by molar-refractivity contribution is 5.90. The zero-order chi connectivity index (χ0) is 19.6. The van der Waals surface area contributed by atoms with Crippen LogP contribution in [0.3, 0.4) is 0 Å². The summed E-state index contributed by atoms with van der Waals surface area (Å²) in [7, 11) is 0. The van der Waals surface area contributed by atoms with Crippen LogP contribution in [0.1, 0.15) is 25.3 Å². The predicted octanol–water partition coefficient (Wildman–Crippen LogP) is 2.27. The van der Waals surface area contributed by atoms with E-state index in [4.69, 9.17) is 0 Å². The summed E-state index contributed by atoms with van der Waals surface area (Å²) in [5.41, 5.74) is 1.18. The lowest BCUT2D eigenvalue weighted by molar-refractivity contribution is -0.187. The second kappa shape index (κ2) is 7.88. The SMILES string of the molecule is CC1CN(C(=O)C2CCCN2C(=O)C(F)(F)F)CCN1Cc1ccccc1. The summed E-state index contributed by atoms with van der Waals surface area (Å²) >= 11 is 0. The molecule has 0 aromatic heterocycles. The highest BCUT2D eigenvalue weighted by Crippen LogP contribution is 2.27. The van der Waals surface area contributed by atoms with E-state index in [0.29, 0.717) is 37.4 Å². The van der Waals surface area contributed by atoms with Crippen LogP contribution in [-0.2, 0) is 16.1 Å². The van der Waals surface area contributed by atoms with Gasteiger partial charge in [-0.2, -0.15) is 13.2 Å². The Hall–Kier alpha value is -2.09. The number of benzene rings is 1. The van der Waals surface area contributed by atoms with Gasteiger partial charge in [0.1, 0.15) is 6.04 Å². The maximum Gasteiger partial charge on any atom is 0.471 e. The number of carbonyl (C=O) groups excluding carboxylic acids is 2. The van der Waals surface area contributed by atoms with Crippen LogP contribution >= 0.6 is 0 Å². The molecule has 0 aliphatic carbocycles. The number of likely N-dealkylation sites (tertiary alicyclic amines) is 1. The minimum absolute atomic E-state index is 0.0156. The van der Waals surface area contributed by atoms with E-state index in [1.165, 1.54) is 5.56 Å². The maximum atomic E-state index is 12.8. The van der Waals surface area contributed by atoms with Crippen LogP contribution in [0.5, 0.6) is 0 Å². The number of piperazine rings is 1. The number of amides is 2. The zero-order valence-electron chi connectivity index (χ0n) is 15.3. The molecule has 0 N–H and O–H groups in total. The third-order valence-corrected chi connectivity index (χ3v) is 5.35. The van der Waals surface area contributed by atoms with Crippen molar-refractivity contribution < 1.29 is 22.8 Å². The molecule has 3 rings (SSSR count). The Morgan fingerprint density at radius 3 is 2.44 bits per heavy atom. The summed E-state index contributed by atoms with van der Waals surface area (Å²) in [6.45, 7) is 4.33. The molecule has 0 spiro atoms. The third kappa shape index (κ3) is 4.43. The lowest BCUT2D eigenvalue weighted by Gasteiger charge is -2.41. The Morgan fingerprint density at radius 1 is 1.11 bits per heavy atom. The Kier molecular flexibility index (Phi) is 5.74. The van der Waals surface area contributed by atoms with Crippen molar-refractivity contribution in [3.05, 3.63) is 35.9 Å². The first-order chi connectivity index (χ1) is 12.8. The van der Waals surface area contributed by atoms with E-state index in [-0.39, 0.29) is 18.5 Å². The Balaban J connectivity index is 1.61. The van der Waals surface area contributed by atoms with E-state index in [0.717, 1.165) is 6.54 Å². The van der Waals surface area contributed by atoms with Crippen LogP contribution in [-0.4, -0.2) is 71.0 Å². The normalized spacial score (nSPS) is 24.3. The van der Waals surface area contributed by atoms with Gasteiger partial charge in [0.2, 0.25) is 5.91 Å². The van der Waals surface area contributed by atoms with E-state index in [1.807, 2.05) is 37.3 Å². The van der Waals surface area contributed by atoms with Crippen LogP contribution < -0.4 is 0 Å². The highest BCUT2D eigenvalue weighted by Gasteiger charge is 2.48. The van der Waals surface area contributed by atoms with Gasteiger partial charge in [-0.3, -0.25) is 14.5 Å². The summed E-state index contributed by atoms with van der Waals surface area (Å²) in [6, 6.07) is 9.10. The van der Waals surface area contributed by atoms with Gasteiger partial charge in [0.15, 0.2) is 0 Å². The van der Waals surface area contributed by atoms with E-state index in [9.17, 15) is 22.8 Å². The van der Waals surface area contributed by atoms with Crippen LogP contribution in [0.4, 0.5) is 13.2 Å². The average molecular weight is 383 g/mol. The van der Waals surface area contributed by atoms with Crippen LogP contribution in [0.15, 0.2) is 30.3 Å². The first-order valence-corrected chi connectivity index (χ1v) is 9.22. The molecule has 2 amide bonds. The number of alkyl halides is 3. The molecule has 2 saturated heterocycles. The van der Waals surface area contributed by atoms with Crippen LogP contribution in [0, 0.1) is 0 Å². The molecule has 2 heterocycles. The predicted molar refractivity (Wildman–Crippen MR) is 93.7 cm³/mol. The van der Waals surface area contributed by atoms with Crippen molar-refractivity contribution in [3.8, 4) is 0 Å². The molecule has 148 valence electrons. The summed E-state index contributed by atoms with van der Waals surface area (Å²) < 4.78 is 38.3. The number of carbonyl (C=O) groups is 2. The number of hydrogen-bond acceptors (Lipinski definition) is 3. The summed E-state index contributed by atoms with van der Waals surface area (Å²) in [4.78, 5) is 29.0. The number of rotatable bonds is 3. The van der Waals surface area contributed by atoms with Crippen molar-refractivity contribution >= 4 is 11.8 Å². The van der Waals surface area contributed by atoms with Crippen molar-refractivity contribution in [1.82, 2.24) is 14.7 Å². The molecule has 1 aromatic rings. The van der Waals surface area contributed by atoms with E-state index < -0.39 is 18.1 Å².